The van der Waals surface area contributed by atoms with Crippen molar-refractivity contribution in [2.45, 2.75) is 24.0 Å². The molecular formula is C24H28F3N3O4S. The van der Waals surface area contributed by atoms with E-state index in [0.29, 0.717) is 62.9 Å². The fourth-order valence-corrected chi connectivity index (χ4v) is 5.15. The second-order valence-electron chi connectivity index (χ2n) is 8.89. The second kappa shape index (κ2) is 9.69. The van der Waals surface area contributed by atoms with Crippen molar-refractivity contribution in [3.8, 4) is 0 Å². The maximum atomic E-state index is 13.7. The largest absolute Gasteiger partial charge is 0.416 e. The van der Waals surface area contributed by atoms with E-state index in [1.165, 1.54) is 24.3 Å². The van der Waals surface area contributed by atoms with Gasteiger partial charge in [0.05, 0.1) is 29.2 Å². The molecule has 190 valence electrons. The molecule has 1 unspecified atom stereocenters. The van der Waals surface area contributed by atoms with Crippen molar-refractivity contribution in [1.29, 1.82) is 0 Å². The number of rotatable bonds is 4. The number of hydrogen-bond donors (Lipinski definition) is 0. The van der Waals surface area contributed by atoms with E-state index in [-0.39, 0.29) is 16.8 Å². The predicted octanol–water partition coefficient (Wildman–Crippen LogP) is 3.30. The Morgan fingerprint density at radius 3 is 2.20 bits per heavy atom. The average molecular weight is 512 g/mol. The van der Waals surface area contributed by atoms with Crippen molar-refractivity contribution >= 4 is 27.1 Å². The molecule has 1 amide bonds. The van der Waals surface area contributed by atoms with Crippen LogP contribution in [-0.2, 0) is 20.8 Å². The minimum absolute atomic E-state index is 0.0777. The van der Waals surface area contributed by atoms with Crippen molar-refractivity contribution in [2.24, 2.45) is 0 Å². The molecule has 0 aromatic heterocycles. The SMILES string of the molecule is CC1CN(c2ccc(C(F)(F)F)cc2)CCN1C(=O)c1cc(S(C)(=O)=O)ccc1N1CCOCC1. The van der Waals surface area contributed by atoms with E-state index in [0.717, 1.165) is 18.4 Å². The first-order chi connectivity index (χ1) is 16.4. The van der Waals surface area contributed by atoms with Crippen molar-refractivity contribution in [1.82, 2.24) is 4.90 Å². The molecule has 35 heavy (non-hydrogen) atoms. The highest BCUT2D eigenvalue weighted by atomic mass is 32.2. The zero-order valence-corrected chi connectivity index (χ0v) is 20.4. The van der Waals surface area contributed by atoms with E-state index in [2.05, 4.69) is 0 Å². The van der Waals surface area contributed by atoms with Crippen LogP contribution in [0.15, 0.2) is 47.4 Å². The zero-order chi connectivity index (χ0) is 25.4. The number of anilines is 2. The third kappa shape index (κ3) is 5.56. The molecule has 0 spiro atoms. The Kier molecular flexibility index (Phi) is 7.01. The molecular weight excluding hydrogens is 483 g/mol. The third-order valence-corrected chi connectivity index (χ3v) is 7.54. The van der Waals surface area contributed by atoms with Crippen LogP contribution in [0.2, 0.25) is 0 Å². The highest BCUT2D eigenvalue weighted by Gasteiger charge is 2.33. The number of benzene rings is 2. The Morgan fingerprint density at radius 2 is 1.63 bits per heavy atom. The summed E-state index contributed by atoms with van der Waals surface area (Å²) in [7, 11) is -3.51. The Morgan fingerprint density at radius 1 is 0.971 bits per heavy atom. The summed E-state index contributed by atoms with van der Waals surface area (Å²) >= 11 is 0. The van der Waals surface area contributed by atoms with Gasteiger partial charge in [0.15, 0.2) is 9.84 Å². The van der Waals surface area contributed by atoms with Crippen LogP contribution in [0, 0.1) is 0 Å². The number of alkyl halides is 3. The summed E-state index contributed by atoms with van der Waals surface area (Å²) in [5.74, 6) is -0.267. The predicted molar refractivity (Wildman–Crippen MR) is 127 cm³/mol. The van der Waals surface area contributed by atoms with Crippen LogP contribution in [0.3, 0.4) is 0 Å². The van der Waals surface area contributed by atoms with Gasteiger partial charge in [0.2, 0.25) is 0 Å². The van der Waals surface area contributed by atoms with Gasteiger partial charge >= 0.3 is 6.18 Å². The van der Waals surface area contributed by atoms with Crippen LogP contribution >= 0.6 is 0 Å². The molecule has 2 aliphatic heterocycles. The quantitative estimate of drug-likeness (QED) is 0.628. The molecule has 1 atom stereocenters. The normalized spacial score (nSPS) is 19.7. The molecule has 0 saturated carbocycles. The van der Waals surface area contributed by atoms with Crippen molar-refractivity contribution in [3.63, 3.8) is 0 Å². The van der Waals surface area contributed by atoms with Gasteiger partial charge in [-0.2, -0.15) is 13.2 Å². The molecule has 2 aromatic carbocycles. The number of morpholine rings is 1. The van der Waals surface area contributed by atoms with Crippen LogP contribution < -0.4 is 9.80 Å². The first kappa shape index (κ1) is 25.3. The van der Waals surface area contributed by atoms with Gasteiger partial charge in [0.25, 0.3) is 5.91 Å². The molecule has 4 rings (SSSR count). The first-order valence-corrected chi connectivity index (χ1v) is 13.2. The topological polar surface area (TPSA) is 70.2 Å². The van der Waals surface area contributed by atoms with Crippen LogP contribution in [0.25, 0.3) is 0 Å². The highest BCUT2D eigenvalue weighted by molar-refractivity contribution is 7.90. The minimum Gasteiger partial charge on any atom is -0.378 e. The Balaban J connectivity index is 1.56. The number of piperazine rings is 1. The molecule has 2 fully saturated rings. The number of carbonyl (C=O) groups excluding carboxylic acids is 1. The lowest BCUT2D eigenvalue weighted by atomic mass is 10.1. The van der Waals surface area contributed by atoms with Crippen molar-refractivity contribution < 1.29 is 31.1 Å². The lowest BCUT2D eigenvalue weighted by Crippen LogP contribution is -2.54. The van der Waals surface area contributed by atoms with Crippen LogP contribution in [0.1, 0.15) is 22.8 Å². The summed E-state index contributed by atoms with van der Waals surface area (Å²) in [5, 5.41) is 0. The van der Waals surface area contributed by atoms with Gasteiger partial charge in [-0.15, -0.1) is 0 Å². The summed E-state index contributed by atoms with van der Waals surface area (Å²) < 4.78 is 68.4. The molecule has 7 nitrogen and oxygen atoms in total. The molecule has 11 heteroatoms. The number of sulfone groups is 1. The fraction of sp³-hybridized carbons (Fsp3) is 0.458. The molecule has 2 aliphatic rings. The van der Waals surface area contributed by atoms with E-state index in [1.807, 2.05) is 16.7 Å². The van der Waals surface area contributed by atoms with E-state index >= 15 is 0 Å². The number of ether oxygens (including phenoxy) is 1. The van der Waals surface area contributed by atoms with Crippen molar-refractivity contribution in [3.05, 3.63) is 53.6 Å². The van der Waals surface area contributed by atoms with Gasteiger partial charge in [-0.25, -0.2) is 8.42 Å². The van der Waals surface area contributed by atoms with Gasteiger partial charge in [-0.05, 0) is 49.4 Å². The number of nitrogens with zero attached hydrogens (tertiary/aromatic N) is 3. The lowest BCUT2D eigenvalue weighted by molar-refractivity contribution is -0.137. The minimum atomic E-state index is -4.39. The van der Waals surface area contributed by atoms with Gasteiger partial charge < -0.3 is 19.4 Å². The Hall–Kier alpha value is -2.79. The summed E-state index contributed by atoms with van der Waals surface area (Å²) in [6.07, 6.45) is -3.29. The zero-order valence-electron chi connectivity index (χ0n) is 19.6. The smallest absolute Gasteiger partial charge is 0.378 e. The number of carbonyl (C=O) groups is 1. The van der Waals surface area contributed by atoms with E-state index < -0.39 is 21.6 Å². The Labute approximate surface area is 203 Å². The fourth-order valence-electron chi connectivity index (χ4n) is 4.51. The lowest BCUT2D eigenvalue weighted by Gasteiger charge is -2.41. The molecule has 0 aliphatic carbocycles. The molecule has 2 aromatic rings. The van der Waals surface area contributed by atoms with Crippen LogP contribution in [0.5, 0.6) is 0 Å². The summed E-state index contributed by atoms with van der Waals surface area (Å²) in [6.45, 7) is 5.34. The maximum Gasteiger partial charge on any atom is 0.416 e. The van der Waals surface area contributed by atoms with E-state index in [9.17, 15) is 26.4 Å². The first-order valence-electron chi connectivity index (χ1n) is 11.3. The van der Waals surface area contributed by atoms with Gasteiger partial charge in [-0.1, -0.05) is 0 Å². The van der Waals surface area contributed by atoms with Crippen molar-refractivity contribution in [2.75, 3.05) is 62.0 Å². The number of hydrogen-bond acceptors (Lipinski definition) is 6. The average Bonchev–Trinajstić information content (AvgIpc) is 2.83. The van der Waals surface area contributed by atoms with Gasteiger partial charge in [0, 0.05) is 56.4 Å². The number of halogens is 3. The molecule has 2 saturated heterocycles. The van der Waals surface area contributed by atoms with Gasteiger partial charge in [0.1, 0.15) is 0 Å². The molecule has 0 radical (unpaired) electrons. The van der Waals surface area contributed by atoms with E-state index in [1.54, 1.807) is 11.0 Å². The number of amides is 1. The van der Waals surface area contributed by atoms with Gasteiger partial charge in [-0.3, -0.25) is 4.79 Å². The highest BCUT2D eigenvalue weighted by Crippen LogP contribution is 2.32. The summed E-state index contributed by atoms with van der Waals surface area (Å²) in [6, 6.07) is 9.40. The third-order valence-electron chi connectivity index (χ3n) is 6.43. The van der Waals surface area contributed by atoms with Crippen LogP contribution in [-0.4, -0.2) is 77.5 Å². The van der Waals surface area contributed by atoms with E-state index in [4.69, 9.17) is 4.74 Å². The molecule has 0 N–H and O–H groups in total. The summed E-state index contributed by atoms with van der Waals surface area (Å²) in [4.78, 5) is 19.4. The summed E-state index contributed by atoms with van der Waals surface area (Å²) in [5.41, 5.74) is 0.947. The molecule has 2 heterocycles. The second-order valence-corrected chi connectivity index (χ2v) is 10.9. The molecule has 0 bridgehead atoms. The Bertz CT molecular complexity index is 1180. The maximum absolute atomic E-state index is 13.7. The monoisotopic (exact) mass is 511 g/mol. The van der Waals surface area contributed by atoms with Crippen LogP contribution in [0.4, 0.5) is 24.5 Å². The standard InChI is InChI=1S/C24H28F3N3O4S/c1-17-16-29(19-5-3-18(4-6-19)24(25,26)27)9-10-30(17)23(31)21-15-20(35(2,32)33)7-8-22(21)28-11-13-34-14-12-28/h3-8,15,17H,9-14,16H2,1-2H3.